The van der Waals surface area contributed by atoms with Crippen molar-refractivity contribution in [3.63, 3.8) is 0 Å². The third kappa shape index (κ3) is 5.55. The summed E-state index contributed by atoms with van der Waals surface area (Å²) in [7, 11) is 0. The summed E-state index contributed by atoms with van der Waals surface area (Å²) in [5, 5.41) is 13.0. The maximum atomic E-state index is 9.75. The molecular weight excluding hydrogens is 186 g/mol. The molecule has 2 heteroatoms. The molecule has 1 atom stereocenters. The van der Waals surface area contributed by atoms with E-state index < -0.39 is 0 Å². The van der Waals surface area contributed by atoms with Gasteiger partial charge in [0.25, 0.3) is 0 Å². The highest BCUT2D eigenvalue weighted by Crippen LogP contribution is 2.02. The molecule has 0 aliphatic carbocycles. The minimum absolute atomic E-state index is 0.286. The lowest BCUT2D eigenvalue weighted by atomic mass is 10.1. The molecule has 0 heterocycles. The number of rotatable bonds is 6. The second-order valence-corrected chi connectivity index (χ2v) is 4.40. The summed E-state index contributed by atoms with van der Waals surface area (Å²) in [6.07, 6.45) is 0.442. The molecule has 0 bridgehead atoms. The average molecular weight is 207 g/mol. The van der Waals surface area contributed by atoms with Gasteiger partial charge in [0.1, 0.15) is 0 Å². The van der Waals surface area contributed by atoms with E-state index in [1.807, 2.05) is 30.3 Å². The molecule has 15 heavy (non-hydrogen) atoms. The lowest BCUT2D eigenvalue weighted by molar-refractivity contribution is 0.170. The topological polar surface area (TPSA) is 32.3 Å². The second kappa shape index (κ2) is 6.59. The molecule has 1 aromatic rings. The summed E-state index contributed by atoms with van der Waals surface area (Å²) in [6.45, 7) is 5.96. The normalized spacial score (nSPS) is 13.1. The Bertz CT molecular complexity index is 258. The van der Waals surface area contributed by atoms with E-state index in [-0.39, 0.29) is 6.10 Å². The van der Waals surface area contributed by atoms with Crippen LogP contribution in [0, 0.1) is 5.92 Å². The first-order chi connectivity index (χ1) is 7.18. The highest BCUT2D eigenvalue weighted by Gasteiger charge is 2.04. The maximum absolute atomic E-state index is 9.75. The summed E-state index contributed by atoms with van der Waals surface area (Å²) in [5.74, 6) is 0.633. The van der Waals surface area contributed by atoms with E-state index in [1.54, 1.807) is 0 Å². The predicted molar refractivity (Wildman–Crippen MR) is 63.9 cm³/mol. The zero-order chi connectivity index (χ0) is 11.1. The molecule has 1 aromatic carbocycles. The molecule has 0 aromatic heterocycles. The van der Waals surface area contributed by atoms with Gasteiger partial charge in [0, 0.05) is 6.54 Å². The largest absolute Gasteiger partial charge is 0.391 e. The van der Waals surface area contributed by atoms with Gasteiger partial charge >= 0.3 is 0 Å². The summed E-state index contributed by atoms with van der Waals surface area (Å²) in [6, 6.07) is 10.1. The van der Waals surface area contributed by atoms with Crippen LogP contribution in [-0.2, 0) is 6.42 Å². The predicted octanol–water partition coefficient (Wildman–Crippen LogP) is 1.84. The summed E-state index contributed by atoms with van der Waals surface area (Å²) in [5.41, 5.74) is 1.19. The van der Waals surface area contributed by atoms with Gasteiger partial charge in [-0.25, -0.2) is 0 Å². The van der Waals surface area contributed by atoms with Crippen molar-refractivity contribution < 1.29 is 5.11 Å². The highest BCUT2D eigenvalue weighted by molar-refractivity contribution is 5.15. The first-order valence-corrected chi connectivity index (χ1v) is 5.61. The van der Waals surface area contributed by atoms with E-state index in [4.69, 9.17) is 0 Å². The fourth-order valence-corrected chi connectivity index (χ4v) is 1.50. The third-order valence-electron chi connectivity index (χ3n) is 2.25. The molecule has 2 nitrogen and oxygen atoms in total. The van der Waals surface area contributed by atoms with Crippen molar-refractivity contribution in [2.24, 2.45) is 5.92 Å². The Morgan fingerprint density at radius 1 is 1.13 bits per heavy atom. The van der Waals surface area contributed by atoms with Crippen LogP contribution in [0.15, 0.2) is 30.3 Å². The van der Waals surface area contributed by atoms with Gasteiger partial charge in [-0.3, -0.25) is 0 Å². The minimum Gasteiger partial charge on any atom is -0.391 e. The second-order valence-electron chi connectivity index (χ2n) is 4.40. The SMILES string of the molecule is CC(C)CNCC(O)Cc1ccccc1. The molecule has 84 valence electrons. The Balaban J connectivity index is 2.21. The Kier molecular flexibility index (Phi) is 5.37. The number of nitrogens with one attached hydrogen (secondary N) is 1. The summed E-state index contributed by atoms with van der Waals surface area (Å²) < 4.78 is 0. The number of hydrogen-bond donors (Lipinski definition) is 2. The fourth-order valence-electron chi connectivity index (χ4n) is 1.50. The first-order valence-electron chi connectivity index (χ1n) is 5.61. The molecule has 0 aliphatic rings. The van der Waals surface area contributed by atoms with E-state index in [2.05, 4.69) is 19.2 Å². The van der Waals surface area contributed by atoms with Crippen molar-refractivity contribution in [3.8, 4) is 0 Å². The van der Waals surface area contributed by atoms with Gasteiger partial charge in [-0.05, 0) is 24.4 Å². The van der Waals surface area contributed by atoms with Crippen LogP contribution in [0.2, 0.25) is 0 Å². The molecule has 2 N–H and O–H groups in total. The lowest BCUT2D eigenvalue weighted by Crippen LogP contribution is -2.30. The Labute approximate surface area is 92.3 Å². The van der Waals surface area contributed by atoms with Crippen LogP contribution in [0.25, 0.3) is 0 Å². The Morgan fingerprint density at radius 3 is 2.40 bits per heavy atom. The van der Waals surface area contributed by atoms with Gasteiger partial charge < -0.3 is 10.4 Å². The zero-order valence-corrected chi connectivity index (χ0v) is 9.61. The monoisotopic (exact) mass is 207 g/mol. The first kappa shape index (κ1) is 12.2. The van der Waals surface area contributed by atoms with E-state index in [0.717, 1.165) is 13.0 Å². The molecular formula is C13H21NO. The Morgan fingerprint density at radius 2 is 1.80 bits per heavy atom. The van der Waals surface area contributed by atoms with Crippen molar-refractivity contribution in [1.29, 1.82) is 0 Å². The van der Waals surface area contributed by atoms with Crippen LogP contribution in [0.5, 0.6) is 0 Å². The van der Waals surface area contributed by atoms with Gasteiger partial charge in [-0.1, -0.05) is 44.2 Å². The lowest BCUT2D eigenvalue weighted by Gasteiger charge is -2.13. The van der Waals surface area contributed by atoms with Crippen LogP contribution >= 0.6 is 0 Å². The summed E-state index contributed by atoms with van der Waals surface area (Å²) in [4.78, 5) is 0. The average Bonchev–Trinajstić information content (AvgIpc) is 2.18. The van der Waals surface area contributed by atoms with Gasteiger partial charge in [0.2, 0.25) is 0 Å². The minimum atomic E-state index is -0.286. The van der Waals surface area contributed by atoms with E-state index in [9.17, 15) is 5.11 Å². The third-order valence-corrected chi connectivity index (χ3v) is 2.25. The Hall–Kier alpha value is -0.860. The molecule has 1 rings (SSSR count). The van der Waals surface area contributed by atoms with Crippen LogP contribution in [0.4, 0.5) is 0 Å². The highest BCUT2D eigenvalue weighted by atomic mass is 16.3. The quantitative estimate of drug-likeness (QED) is 0.746. The maximum Gasteiger partial charge on any atom is 0.0704 e. The number of benzene rings is 1. The fraction of sp³-hybridized carbons (Fsp3) is 0.538. The van der Waals surface area contributed by atoms with Gasteiger partial charge in [-0.2, -0.15) is 0 Å². The number of aliphatic hydroxyl groups is 1. The van der Waals surface area contributed by atoms with Crippen LogP contribution in [-0.4, -0.2) is 24.3 Å². The van der Waals surface area contributed by atoms with Crippen molar-refractivity contribution in [2.75, 3.05) is 13.1 Å². The van der Waals surface area contributed by atoms with E-state index in [0.29, 0.717) is 12.5 Å². The van der Waals surface area contributed by atoms with Crippen molar-refractivity contribution in [2.45, 2.75) is 26.4 Å². The molecule has 0 fully saturated rings. The van der Waals surface area contributed by atoms with E-state index >= 15 is 0 Å². The van der Waals surface area contributed by atoms with E-state index in [1.165, 1.54) is 5.56 Å². The molecule has 0 saturated heterocycles. The standard InChI is InChI=1S/C13H21NO/c1-11(2)9-14-10-13(15)8-12-6-4-3-5-7-12/h3-7,11,13-15H,8-10H2,1-2H3. The molecule has 0 spiro atoms. The van der Waals surface area contributed by atoms with Crippen LogP contribution < -0.4 is 5.32 Å². The smallest absolute Gasteiger partial charge is 0.0704 e. The van der Waals surface area contributed by atoms with Crippen LogP contribution in [0.3, 0.4) is 0 Å². The van der Waals surface area contributed by atoms with Gasteiger partial charge in [0.15, 0.2) is 0 Å². The van der Waals surface area contributed by atoms with Crippen molar-refractivity contribution in [3.05, 3.63) is 35.9 Å². The molecule has 0 amide bonds. The van der Waals surface area contributed by atoms with Crippen LogP contribution in [0.1, 0.15) is 19.4 Å². The molecule has 0 radical (unpaired) electrons. The number of hydrogen-bond acceptors (Lipinski definition) is 2. The van der Waals surface area contributed by atoms with Gasteiger partial charge in [-0.15, -0.1) is 0 Å². The number of aliphatic hydroxyl groups excluding tert-OH is 1. The van der Waals surface area contributed by atoms with Crippen molar-refractivity contribution in [1.82, 2.24) is 5.32 Å². The zero-order valence-electron chi connectivity index (χ0n) is 9.61. The van der Waals surface area contributed by atoms with Gasteiger partial charge in [0.05, 0.1) is 6.10 Å². The molecule has 1 unspecified atom stereocenters. The van der Waals surface area contributed by atoms with Crippen molar-refractivity contribution >= 4 is 0 Å². The summed E-state index contributed by atoms with van der Waals surface area (Å²) >= 11 is 0. The molecule has 0 saturated carbocycles. The molecule has 0 aliphatic heterocycles.